The topological polar surface area (TPSA) is 72.5 Å². The zero-order chi connectivity index (χ0) is 9.84. The van der Waals surface area contributed by atoms with Crippen molar-refractivity contribution in [2.45, 2.75) is 6.04 Å². The molecule has 4 nitrogen and oxygen atoms in total. The molecule has 1 aromatic carbocycles. The van der Waals surface area contributed by atoms with Crippen LogP contribution in [0.2, 0.25) is 0 Å². The number of benzene rings is 1. The number of carbonyl (C=O) groups is 1. The monoisotopic (exact) mass is 181 g/mol. The molecular weight excluding hydrogens is 170 g/mol. The third kappa shape index (κ3) is 2.19. The van der Waals surface area contributed by atoms with E-state index in [0.29, 0.717) is 11.3 Å². The Hall–Kier alpha value is -1.55. The van der Waals surface area contributed by atoms with Gasteiger partial charge in [0.2, 0.25) is 0 Å². The molecular formula is C9H11NO3. The molecule has 70 valence electrons. The molecule has 13 heavy (non-hydrogen) atoms. The Bertz CT molecular complexity index is 311. The molecule has 0 aromatic heterocycles. The Balaban J connectivity index is 2.94. The molecule has 1 unspecified atom stereocenters. The predicted octanol–water partition coefficient (Wildman–Crippen LogP) is 0.780. The first-order valence-corrected chi connectivity index (χ1v) is 3.77. The second-order valence-corrected chi connectivity index (χ2v) is 2.59. The average molecular weight is 181 g/mol. The number of hydrogen-bond donors (Lipinski definition) is 2. The molecule has 0 aliphatic carbocycles. The van der Waals surface area contributed by atoms with Gasteiger partial charge in [0.05, 0.1) is 7.11 Å². The van der Waals surface area contributed by atoms with Gasteiger partial charge in [-0.05, 0) is 17.7 Å². The molecule has 0 fully saturated rings. The van der Waals surface area contributed by atoms with E-state index in [-0.39, 0.29) is 0 Å². The van der Waals surface area contributed by atoms with Crippen LogP contribution in [0.4, 0.5) is 0 Å². The van der Waals surface area contributed by atoms with Crippen molar-refractivity contribution in [1.29, 1.82) is 0 Å². The molecule has 0 saturated carbocycles. The minimum atomic E-state index is -1.05. The second kappa shape index (κ2) is 3.91. The molecule has 0 heterocycles. The van der Waals surface area contributed by atoms with Gasteiger partial charge < -0.3 is 15.6 Å². The van der Waals surface area contributed by atoms with E-state index in [1.165, 1.54) is 7.11 Å². The molecule has 0 saturated heterocycles. The smallest absolute Gasteiger partial charge is 0.325 e. The number of aliphatic carboxylic acids is 1. The fourth-order valence-corrected chi connectivity index (χ4v) is 0.978. The molecule has 1 rings (SSSR count). The van der Waals surface area contributed by atoms with Crippen LogP contribution in [0.1, 0.15) is 11.6 Å². The van der Waals surface area contributed by atoms with Gasteiger partial charge in [-0.15, -0.1) is 0 Å². The van der Waals surface area contributed by atoms with Crippen LogP contribution in [-0.4, -0.2) is 18.2 Å². The van der Waals surface area contributed by atoms with Gasteiger partial charge in [-0.1, -0.05) is 12.1 Å². The van der Waals surface area contributed by atoms with Crippen LogP contribution >= 0.6 is 0 Å². The maximum atomic E-state index is 10.5. The van der Waals surface area contributed by atoms with Crippen LogP contribution in [0.25, 0.3) is 0 Å². The van der Waals surface area contributed by atoms with Gasteiger partial charge in [0.1, 0.15) is 11.8 Å². The summed E-state index contributed by atoms with van der Waals surface area (Å²) in [7, 11) is 1.52. The Morgan fingerprint density at radius 3 is 2.85 bits per heavy atom. The van der Waals surface area contributed by atoms with E-state index < -0.39 is 12.0 Å². The summed E-state index contributed by atoms with van der Waals surface area (Å²) in [5.41, 5.74) is 5.94. The first-order chi connectivity index (χ1) is 6.15. The summed E-state index contributed by atoms with van der Waals surface area (Å²) in [6.45, 7) is 0. The van der Waals surface area contributed by atoms with Crippen molar-refractivity contribution in [3.63, 3.8) is 0 Å². The summed E-state index contributed by atoms with van der Waals surface area (Å²) in [6, 6.07) is 5.71. The van der Waals surface area contributed by atoms with E-state index in [0.717, 1.165) is 0 Å². The Morgan fingerprint density at radius 2 is 2.31 bits per heavy atom. The molecule has 1 atom stereocenters. The molecule has 0 bridgehead atoms. The zero-order valence-corrected chi connectivity index (χ0v) is 7.23. The van der Waals surface area contributed by atoms with Crippen LogP contribution in [-0.2, 0) is 4.79 Å². The summed E-state index contributed by atoms with van der Waals surface area (Å²) >= 11 is 0. The first-order valence-electron chi connectivity index (χ1n) is 3.77. The number of methoxy groups -OCH3 is 1. The van der Waals surface area contributed by atoms with Crippen molar-refractivity contribution in [3.05, 3.63) is 29.8 Å². The normalized spacial score (nSPS) is 12.2. The standard InChI is InChI=1S/C9H11NO3/c1-13-7-4-2-3-6(5-7)8(10)9(11)12/h2-5,8H,10H2,1H3,(H,11,12). The fourth-order valence-electron chi connectivity index (χ4n) is 0.978. The van der Waals surface area contributed by atoms with Crippen molar-refractivity contribution in [2.24, 2.45) is 5.73 Å². The summed E-state index contributed by atoms with van der Waals surface area (Å²) < 4.78 is 4.94. The van der Waals surface area contributed by atoms with Crippen LogP contribution < -0.4 is 10.5 Å². The summed E-state index contributed by atoms with van der Waals surface area (Å²) in [5, 5.41) is 8.63. The zero-order valence-electron chi connectivity index (χ0n) is 7.23. The van der Waals surface area contributed by atoms with Crippen molar-refractivity contribution in [1.82, 2.24) is 0 Å². The van der Waals surface area contributed by atoms with Gasteiger partial charge in [0.15, 0.2) is 0 Å². The minimum Gasteiger partial charge on any atom is -0.497 e. The van der Waals surface area contributed by atoms with E-state index in [9.17, 15) is 4.79 Å². The Kier molecular flexibility index (Phi) is 2.87. The lowest BCUT2D eigenvalue weighted by atomic mass is 10.1. The highest BCUT2D eigenvalue weighted by Gasteiger charge is 2.13. The molecule has 0 radical (unpaired) electrons. The number of carboxylic acid groups (broad SMARTS) is 1. The summed E-state index contributed by atoms with van der Waals surface area (Å²) in [6.07, 6.45) is 0. The molecule has 0 aliphatic rings. The van der Waals surface area contributed by atoms with Gasteiger partial charge in [-0.3, -0.25) is 4.79 Å². The highest BCUT2D eigenvalue weighted by Crippen LogP contribution is 2.17. The molecule has 0 amide bonds. The summed E-state index contributed by atoms with van der Waals surface area (Å²) in [4.78, 5) is 10.5. The maximum absolute atomic E-state index is 10.5. The van der Waals surface area contributed by atoms with Crippen molar-refractivity contribution in [2.75, 3.05) is 7.11 Å². The van der Waals surface area contributed by atoms with Crippen LogP contribution in [0.3, 0.4) is 0 Å². The number of carboxylic acids is 1. The van der Waals surface area contributed by atoms with Crippen molar-refractivity contribution in [3.8, 4) is 5.75 Å². The lowest BCUT2D eigenvalue weighted by Gasteiger charge is -2.07. The third-order valence-corrected chi connectivity index (χ3v) is 1.72. The number of hydrogen-bond acceptors (Lipinski definition) is 3. The molecule has 1 aromatic rings. The number of rotatable bonds is 3. The Labute approximate surface area is 75.9 Å². The highest BCUT2D eigenvalue weighted by atomic mass is 16.5. The van der Waals surface area contributed by atoms with E-state index in [2.05, 4.69) is 0 Å². The van der Waals surface area contributed by atoms with E-state index in [4.69, 9.17) is 15.6 Å². The quantitative estimate of drug-likeness (QED) is 0.722. The summed E-state index contributed by atoms with van der Waals surface area (Å²) in [5.74, 6) is -0.442. The van der Waals surface area contributed by atoms with Gasteiger partial charge in [0, 0.05) is 0 Å². The van der Waals surface area contributed by atoms with Crippen molar-refractivity contribution >= 4 is 5.97 Å². The second-order valence-electron chi connectivity index (χ2n) is 2.59. The van der Waals surface area contributed by atoms with Crippen LogP contribution in [0.5, 0.6) is 5.75 Å². The fraction of sp³-hybridized carbons (Fsp3) is 0.222. The lowest BCUT2D eigenvalue weighted by molar-refractivity contribution is -0.138. The van der Waals surface area contributed by atoms with Gasteiger partial charge in [0.25, 0.3) is 0 Å². The lowest BCUT2D eigenvalue weighted by Crippen LogP contribution is -2.20. The van der Waals surface area contributed by atoms with E-state index >= 15 is 0 Å². The van der Waals surface area contributed by atoms with Gasteiger partial charge in [-0.25, -0.2) is 0 Å². The number of ether oxygens (including phenoxy) is 1. The Morgan fingerprint density at radius 1 is 1.62 bits per heavy atom. The molecule has 0 aliphatic heterocycles. The van der Waals surface area contributed by atoms with Crippen LogP contribution in [0, 0.1) is 0 Å². The molecule has 3 N–H and O–H groups in total. The van der Waals surface area contributed by atoms with E-state index in [1.54, 1.807) is 24.3 Å². The minimum absolute atomic E-state index is 0.534. The van der Waals surface area contributed by atoms with Crippen LogP contribution in [0.15, 0.2) is 24.3 Å². The van der Waals surface area contributed by atoms with Gasteiger partial charge in [-0.2, -0.15) is 0 Å². The highest BCUT2D eigenvalue weighted by molar-refractivity contribution is 5.75. The average Bonchev–Trinajstić information content (AvgIpc) is 2.16. The van der Waals surface area contributed by atoms with E-state index in [1.807, 2.05) is 0 Å². The third-order valence-electron chi connectivity index (χ3n) is 1.72. The predicted molar refractivity (Wildman–Crippen MR) is 47.6 cm³/mol. The SMILES string of the molecule is COc1cccc(C(N)C(=O)O)c1. The number of nitrogens with two attached hydrogens (primary N) is 1. The van der Waals surface area contributed by atoms with Crippen molar-refractivity contribution < 1.29 is 14.6 Å². The molecule has 4 heteroatoms. The maximum Gasteiger partial charge on any atom is 0.325 e. The largest absolute Gasteiger partial charge is 0.497 e. The molecule has 0 spiro atoms. The first kappa shape index (κ1) is 9.54. The van der Waals surface area contributed by atoms with Gasteiger partial charge >= 0.3 is 5.97 Å².